The summed E-state index contributed by atoms with van der Waals surface area (Å²) in [4.78, 5) is 44.2. The number of aryl methyl sites for hydroxylation is 3. The number of thiophene rings is 1. The van der Waals surface area contributed by atoms with Gasteiger partial charge in [-0.2, -0.15) is 5.26 Å². The Bertz CT molecular complexity index is 1720. The largest absolute Gasteiger partial charge is 0.343 e. The van der Waals surface area contributed by atoms with Crippen LogP contribution in [0.1, 0.15) is 38.5 Å². The molecular formula is C31H26N4O3S. The second-order valence-corrected chi connectivity index (χ2v) is 10.7. The van der Waals surface area contributed by atoms with Crippen molar-refractivity contribution in [2.45, 2.75) is 34.6 Å². The van der Waals surface area contributed by atoms with Crippen LogP contribution in [0.5, 0.6) is 0 Å². The number of nitriles is 1. The maximum atomic E-state index is 13.8. The molecule has 39 heavy (non-hydrogen) atoms. The molecule has 4 amide bonds. The third-order valence-electron chi connectivity index (χ3n) is 7.01. The third kappa shape index (κ3) is 4.27. The number of benzene rings is 2. The number of amides is 4. The van der Waals surface area contributed by atoms with Gasteiger partial charge in [0.1, 0.15) is 16.6 Å². The number of aromatic nitrogens is 1. The molecule has 1 fully saturated rings. The molecule has 0 unspecified atom stereocenters. The lowest BCUT2D eigenvalue weighted by Crippen LogP contribution is -2.57. The maximum Gasteiger partial charge on any atom is 0.343 e. The van der Waals surface area contributed by atoms with Crippen LogP contribution in [0.25, 0.3) is 11.1 Å². The average molecular weight is 535 g/mol. The summed E-state index contributed by atoms with van der Waals surface area (Å²) in [6.07, 6.45) is 1.55. The summed E-state index contributed by atoms with van der Waals surface area (Å²) in [6, 6.07) is 19.1. The summed E-state index contributed by atoms with van der Waals surface area (Å²) in [7, 11) is 0. The van der Waals surface area contributed by atoms with Crippen LogP contribution in [0.2, 0.25) is 0 Å². The van der Waals surface area contributed by atoms with E-state index in [2.05, 4.69) is 6.07 Å². The van der Waals surface area contributed by atoms with E-state index < -0.39 is 17.8 Å². The molecule has 2 aromatic carbocycles. The van der Waals surface area contributed by atoms with Gasteiger partial charge in [0.05, 0.1) is 16.9 Å². The Hall–Kier alpha value is -4.74. The molecule has 4 aromatic rings. The van der Waals surface area contributed by atoms with Crippen LogP contribution < -0.4 is 9.80 Å². The molecular weight excluding hydrogens is 508 g/mol. The summed E-state index contributed by atoms with van der Waals surface area (Å²) in [6.45, 7) is 9.64. The van der Waals surface area contributed by atoms with Gasteiger partial charge in [-0.25, -0.2) is 14.6 Å². The van der Waals surface area contributed by atoms with Gasteiger partial charge in [0.25, 0.3) is 11.8 Å². The van der Waals surface area contributed by atoms with E-state index in [1.165, 1.54) is 11.3 Å². The van der Waals surface area contributed by atoms with E-state index in [1.807, 2.05) is 57.4 Å². The molecule has 0 atom stereocenters. The second-order valence-electron chi connectivity index (χ2n) is 9.53. The first-order valence-corrected chi connectivity index (χ1v) is 13.2. The van der Waals surface area contributed by atoms with Gasteiger partial charge >= 0.3 is 6.03 Å². The number of anilines is 2. The van der Waals surface area contributed by atoms with Gasteiger partial charge in [0, 0.05) is 16.3 Å². The molecule has 1 aliphatic rings. The smallest absolute Gasteiger partial charge is 0.308 e. The number of imide groups is 2. The summed E-state index contributed by atoms with van der Waals surface area (Å²) < 4.78 is 1.98. The zero-order valence-corrected chi connectivity index (χ0v) is 23.1. The number of carbonyl (C=O) groups excluding carboxylic acids is 3. The number of para-hydroxylation sites is 1. The molecule has 0 spiro atoms. The molecule has 0 saturated carbocycles. The fourth-order valence-electron chi connectivity index (χ4n) is 4.76. The molecule has 8 heteroatoms. The number of hydrogen-bond acceptors (Lipinski definition) is 5. The molecule has 0 bridgehead atoms. The van der Waals surface area contributed by atoms with Crippen LogP contribution in [0, 0.1) is 45.9 Å². The van der Waals surface area contributed by atoms with E-state index in [9.17, 15) is 19.6 Å². The molecule has 0 N–H and O–H groups in total. The maximum absolute atomic E-state index is 13.8. The highest BCUT2D eigenvalue weighted by Gasteiger charge is 2.43. The number of nitrogens with zero attached hydrogens (tertiary/aromatic N) is 4. The minimum atomic E-state index is -0.731. The molecule has 194 valence electrons. The molecule has 5 rings (SSSR count). The van der Waals surface area contributed by atoms with Gasteiger partial charge in [-0.15, -0.1) is 11.3 Å². The SMILES string of the molecule is Cc1ccc(N2C(=O)/C(=C/c3cc(C)n(-c4sc(C)c(C)c4C#N)c3C)C(=O)N(c3ccccc3)C2=O)cc1. The van der Waals surface area contributed by atoms with Crippen molar-refractivity contribution in [3.63, 3.8) is 0 Å². The highest BCUT2D eigenvalue weighted by Crippen LogP contribution is 2.35. The Kier molecular flexibility index (Phi) is 6.54. The predicted molar refractivity (Wildman–Crippen MR) is 153 cm³/mol. The predicted octanol–water partition coefficient (Wildman–Crippen LogP) is 6.54. The monoisotopic (exact) mass is 534 g/mol. The first kappa shape index (κ1) is 25.9. The van der Waals surface area contributed by atoms with Crippen molar-refractivity contribution >= 4 is 46.6 Å². The van der Waals surface area contributed by atoms with E-state index in [-0.39, 0.29) is 5.57 Å². The van der Waals surface area contributed by atoms with Crippen LogP contribution >= 0.6 is 11.3 Å². The zero-order valence-electron chi connectivity index (χ0n) is 22.3. The van der Waals surface area contributed by atoms with E-state index >= 15 is 0 Å². The molecule has 0 radical (unpaired) electrons. The topological polar surface area (TPSA) is 86.4 Å². The van der Waals surface area contributed by atoms with Crippen molar-refractivity contribution in [1.82, 2.24) is 4.57 Å². The Morgan fingerprint density at radius 1 is 0.821 bits per heavy atom. The minimum absolute atomic E-state index is 0.127. The summed E-state index contributed by atoms with van der Waals surface area (Å²) in [5.74, 6) is -1.38. The molecule has 3 heterocycles. The zero-order chi connectivity index (χ0) is 28.0. The van der Waals surface area contributed by atoms with E-state index in [1.54, 1.807) is 48.5 Å². The Labute approximate surface area is 230 Å². The van der Waals surface area contributed by atoms with Crippen molar-refractivity contribution in [1.29, 1.82) is 5.26 Å². The number of barbiturate groups is 1. The Balaban J connectivity index is 1.67. The van der Waals surface area contributed by atoms with Crippen molar-refractivity contribution in [3.05, 3.63) is 105 Å². The van der Waals surface area contributed by atoms with E-state index in [0.29, 0.717) is 22.5 Å². The second kappa shape index (κ2) is 9.86. The van der Waals surface area contributed by atoms with Gasteiger partial charge in [0.2, 0.25) is 0 Å². The standard InChI is InChI=1S/C31H26N4O3S/c1-18-11-13-25(14-12-18)35-29(37)26(28(36)34(31(35)38)24-9-7-6-8-10-24)16-23-15-19(2)33(21(23)4)30-27(17-32)20(3)22(5)39-30/h6-16H,1-5H3/b26-16+. The lowest BCUT2D eigenvalue weighted by Gasteiger charge is -2.34. The summed E-state index contributed by atoms with van der Waals surface area (Å²) >= 11 is 1.53. The van der Waals surface area contributed by atoms with Crippen LogP contribution in [0.15, 0.2) is 66.2 Å². The number of rotatable bonds is 4. The molecule has 1 saturated heterocycles. The lowest BCUT2D eigenvalue weighted by atomic mass is 10.0. The van der Waals surface area contributed by atoms with E-state index in [0.717, 1.165) is 42.2 Å². The highest BCUT2D eigenvalue weighted by molar-refractivity contribution is 7.14. The van der Waals surface area contributed by atoms with Gasteiger partial charge in [-0.3, -0.25) is 9.59 Å². The number of hydrogen-bond donors (Lipinski definition) is 0. The molecule has 7 nitrogen and oxygen atoms in total. The minimum Gasteiger partial charge on any atom is -0.308 e. The van der Waals surface area contributed by atoms with Crippen molar-refractivity contribution < 1.29 is 14.4 Å². The van der Waals surface area contributed by atoms with Crippen LogP contribution in [0.4, 0.5) is 16.2 Å². The Morgan fingerprint density at radius 2 is 1.41 bits per heavy atom. The van der Waals surface area contributed by atoms with Crippen molar-refractivity contribution in [3.8, 4) is 11.1 Å². The van der Waals surface area contributed by atoms with Gasteiger partial charge in [-0.05, 0) is 82.2 Å². The fraction of sp³-hybridized carbons (Fsp3) is 0.161. The van der Waals surface area contributed by atoms with Crippen LogP contribution in [0.3, 0.4) is 0 Å². The number of carbonyl (C=O) groups is 3. The normalized spacial score (nSPS) is 14.9. The first-order valence-electron chi connectivity index (χ1n) is 12.4. The molecule has 0 aliphatic carbocycles. The van der Waals surface area contributed by atoms with Crippen molar-refractivity contribution in [2.75, 3.05) is 9.80 Å². The highest BCUT2D eigenvalue weighted by atomic mass is 32.1. The summed E-state index contributed by atoms with van der Waals surface area (Å²) in [5.41, 5.74) is 5.44. The van der Waals surface area contributed by atoms with Crippen LogP contribution in [-0.2, 0) is 9.59 Å². The first-order chi connectivity index (χ1) is 18.6. The van der Waals surface area contributed by atoms with Gasteiger partial charge in [0.15, 0.2) is 0 Å². The fourth-order valence-corrected chi connectivity index (χ4v) is 5.97. The molecule has 1 aliphatic heterocycles. The van der Waals surface area contributed by atoms with Gasteiger partial charge < -0.3 is 4.57 Å². The van der Waals surface area contributed by atoms with Gasteiger partial charge in [-0.1, -0.05) is 35.9 Å². The quantitative estimate of drug-likeness (QED) is 0.220. The number of urea groups is 1. The summed E-state index contributed by atoms with van der Waals surface area (Å²) in [5, 5.41) is 10.6. The Morgan fingerprint density at radius 3 is 2.00 bits per heavy atom. The van der Waals surface area contributed by atoms with E-state index in [4.69, 9.17) is 0 Å². The lowest BCUT2D eigenvalue weighted by molar-refractivity contribution is -0.121. The van der Waals surface area contributed by atoms with Crippen molar-refractivity contribution in [2.24, 2.45) is 0 Å². The third-order valence-corrected chi connectivity index (χ3v) is 8.20. The average Bonchev–Trinajstić information content (AvgIpc) is 3.35. The molecule has 2 aromatic heterocycles. The van der Waals surface area contributed by atoms with Crippen LogP contribution in [-0.4, -0.2) is 22.4 Å².